The highest BCUT2D eigenvalue weighted by atomic mass is 16.5. The van der Waals surface area contributed by atoms with Crippen molar-refractivity contribution in [2.24, 2.45) is 5.73 Å². The molecule has 5 nitrogen and oxygen atoms in total. The topological polar surface area (TPSA) is 66.0 Å². The number of ether oxygens (including phenoxy) is 1. The van der Waals surface area contributed by atoms with Gasteiger partial charge in [0.05, 0.1) is 12.7 Å². The highest BCUT2D eigenvalue weighted by molar-refractivity contribution is 5.64. The van der Waals surface area contributed by atoms with Gasteiger partial charge in [0, 0.05) is 19.0 Å². The number of aryl methyl sites for hydroxylation is 1. The van der Waals surface area contributed by atoms with Crippen molar-refractivity contribution in [3.8, 4) is 17.1 Å². The van der Waals surface area contributed by atoms with Crippen LogP contribution in [0.5, 0.6) is 5.75 Å². The Kier molecular flexibility index (Phi) is 2.76. The molecule has 2 aromatic rings. The van der Waals surface area contributed by atoms with Crippen molar-refractivity contribution in [2.45, 2.75) is 25.4 Å². The van der Waals surface area contributed by atoms with E-state index in [4.69, 9.17) is 10.5 Å². The average molecular weight is 244 g/mol. The summed E-state index contributed by atoms with van der Waals surface area (Å²) in [6, 6.07) is 8.03. The molecular weight excluding hydrogens is 228 g/mol. The fourth-order valence-electron chi connectivity index (χ4n) is 2.38. The number of rotatable bonds is 2. The van der Waals surface area contributed by atoms with Crippen LogP contribution in [0.2, 0.25) is 0 Å². The van der Waals surface area contributed by atoms with Gasteiger partial charge in [-0.2, -0.15) is 0 Å². The van der Waals surface area contributed by atoms with E-state index in [0.29, 0.717) is 0 Å². The molecule has 1 aliphatic rings. The number of aromatic nitrogens is 3. The van der Waals surface area contributed by atoms with E-state index < -0.39 is 0 Å². The molecule has 0 aliphatic carbocycles. The zero-order chi connectivity index (χ0) is 12.5. The molecule has 5 heteroatoms. The van der Waals surface area contributed by atoms with Crippen LogP contribution in [-0.4, -0.2) is 27.9 Å². The van der Waals surface area contributed by atoms with Crippen molar-refractivity contribution in [1.29, 1.82) is 0 Å². The summed E-state index contributed by atoms with van der Waals surface area (Å²) in [5.41, 5.74) is 6.98. The van der Waals surface area contributed by atoms with Crippen molar-refractivity contribution in [3.63, 3.8) is 0 Å². The first-order valence-electron chi connectivity index (χ1n) is 6.10. The third-order valence-corrected chi connectivity index (χ3v) is 3.33. The second-order valence-corrected chi connectivity index (χ2v) is 4.55. The molecule has 18 heavy (non-hydrogen) atoms. The number of para-hydroxylation sites is 1. The predicted octanol–water partition coefficient (Wildman–Crippen LogP) is 1.23. The van der Waals surface area contributed by atoms with Crippen LogP contribution in [0.1, 0.15) is 12.2 Å². The largest absolute Gasteiger partial charge is 0.496 e. The van der Waals surface area contributed by atoms with Gasteiger partial charge in [0.15, 0.2) is 5.82 Å². The van der Waals surface area contributed by atoms with E-state index in [2.05, 4.69) is 14.8 Å². The molecule has 2 N–H and O–H groups in total. The Balaban J connectivity index is 2.10. The van der Waals surface area contributed by atoms with E-state index in [0.717, 1.165) is 42.3 Å². The standard InChI is InChI=1S/C13H16N4O/c1-18-11-5-3-2-4-10(11)13-16-15-12-7-6-9(14)8-17(12)13/h2-5,9H,6-8,14H2,1H3. The molecule has 0 amide bonds. The maximum Gasteiger partial charge on any atom is 0.167 e. The summed E-state index contributed by atoms with van der Waals surface area (Å²) in [4.78, 5) is 0. The lowest BCUT2D eigenvalue weighted by atomic mass is 10.1. The van der Waals surface area contributed by atoms with Gasteiger partial charge in [-0.05, 0) is 18.6 Å². The predicted molar refractivity (Wildman–Crippen MR) is 68.3 cm³/mol. The summed E-state index contributed by atoms with van der Waals surface area (Å²) in [6.45, 7) is 0.774. The SMILES string of the molecule is COc1ccccc1-c1nnc2n1CC(N)CC2. The highest BCUT2D eigenvalue weighted by Crippen LogP contribution is 2.30. The first-order valence-corrected chi connectivity index (χ1v) is 6.10. The van der Waals surface area contributed by atoms with E-state index >= 15 is 0 Å². The summed E-state index contributed by atoms with van der Waals surface area (Å²) >= 11 is 0. The minimum absolute atomic E-state index is 0.182. The average Bonchev–Trinajstić information content (AvgIpc) is 2.81. The van der Waals surface area contributed by atoms with Gasteiger partial charge in [-0.1, -0.05) is 12.1 Å². The molecule has 0 spiro atoms. The number of hydrogen-bond acceptors (Lipinski definition) is 4. The third-order valence-electron chi connectivity index (χ3n) is 3.33. The summed E-state index contributed by atoms with van der Waals surface area (Å²) in [6.07, 6.45) is 1.87. The molecule has 0 bridgehead atoms. The fourth-order valence-corrected chi connectivity index (χ4v) is 2.38. The number of fused-ring (bicyclic) bond motifs is 1. The van der Waals surface area contributed by atoms with Crippen molar-refractivity contribution >= 4 is 0 Å². The van der Waals surface area contributed by atoms with Gasteiger partial charge in [0.1, 0.15) is 11.6 Å². The van der Waals surface area contributed by atoms with E-state index in [1.807, 2.05) is 24.3 Å². The van der Waals surface area contributed by atoms with E-state index in [-0.39, 0.29) is 6.04 Å². The van der Waals surface area contributed by atoms with E-state index in [1.54, 1.807) is 7.11 Å². The zero-order valence-electron chi connectivity index (χ0n) is 10.3. The van der Waals surface area contributed by atoms with Crippen molar-refractivity contribution < 1.29 is 4.74 Å². The summed E-state index contributed by atoms with van der Waals surface area (Å²) in [5, 5.41) is 8.53. The molecule has 3 rings (SSSR count). The van der Waals surface area contributed by atoms with Crippen molar-refractivity contribution in [1.82, 2.24) is 14.8 Å². The number of hydrogen-bond donors (Lipinski definition) is 1. The smallest absolute Gasteiger partial charge is 0.167 e. The van der Waals surface area contributed by atoms with Gasteiger partial charge in [-0.3, -0.25) is 0 Å². The summed E-state index contributed by atoms with van der Waals surface area (Å²) < 4.78 is 7.48. The Labute approximate surface area is 106 Å². The highest BCUT2D eigenvalue weighted by Gasteiger charge is 2.22. The molecule has 1 aromatic carbocycles. The Morgan fingerprint density at radius 3 is 3.00 bits per heavy atom. The van der Waals surface area contributed by atoms with Crippen LogP contribution in [0.15, 0.2) is 24.3 Å². The van der Waals surface area contributed by atoms with Crippen LogP contribution in [0.25, 0.3) is 11.4 Å². The van der Waals surface area contributed by atoms with Crippen molar-refractivity contribution in [3.05, 3.63) is 30.1 Å². The second-order valence-electron chi connectivity index (χ2n) is 4.55. The van der Waals surface area contributed by atoms with Crippen LogP contribution < -0.4 is 10.5 Å². The zero-order valence-corrected chi connectivity index (χ0v) is 10.3. The van der Waals surface area contributed by atoms with E-state index in [1.165, 1.54) is 0 Å². The second kappa shape index (κ2) is 4.42. The summed E-state index contributed by atoms with van der Waals surface area (Å²) in [7, 11) is 1.66. The number of nitrogens with zero attached hydrogens (tertiary/aromatic N) is 3. The van der Waals surface area contributed by atoms with Crippen LogP contribution in [-0.2, 0) is 13.0 Å². The molecular formula is C13H16N4O. The van der Waals surface area contributed by atoms with Crippen LogP contribution in [0, 0.1) is 0 Å². The first kappa shape index (κ1) is 11.2. The Hall–Kier alpha value is -1.88. The molecule has 1 aromatic heterocycles. The molecule has 94 valence electrons. The van der Waals surface area contributed by atoms with Crippen LogP contribution in [0.3, 0.4) is 0 Å². The number of nitrogens with two attached hydrogens (primary N) is 1. The normalized spacial score (nSPS) is 18.4. The lowest BCUT2D eigenvalue weighted by molar-refractivity contribution is 0.414. The summed E-state index contributed by atoms with van der Waals surface area (Å²) in [5.74, 6) is 2.67. The molecule has 0 fully saturated rings. The number of benzene rings is 1. The van der Waals surface area contributed by atoms with Crippen LogP contribution in [0.4, 0.5) is 0 Å². The van der Waals surface area contributed by atoms with Gasteiger partial charge in [-0.15, -0.1) is 10.2 Å². The molecule has 0 radical (unpaired) electrons. The Morgan fingerprint density at radius 2 is 2.17 bits per heavy atom. The quantitative estimate of drug-likeness (QED) is 0.862. The molecule has 1 unspecified atom stereocenters. The van der Waals surface area contributed by atoms with Gasteiger partial charge in [0.25, 0.3) is 0 Å². The van der Waals surface area contributed by atoms with Crippen LogP contribution >= 0.6 is 0 Å². The maximum absolute atomic E-state index is 6.02. The van der Waals surface area contributed by atoms with Gasteiger partial charge >= 0.3 is 0 Å². The number of methoxy groups -OCH3 is 1. The fraction of sp³-hybridized carbons (Fsp3) is 0.385. The van der Waals surface area contributed by atoms with Gasteiger partial charge in [-0.25, -0.2) is 0 Å². The maximum atomic E-state index is 6.02. The minimum Gasteiger partial charge on any atom is -0.496 e. The molecule has 0 saturated carbocycles. The van der Waals surface area contributed by atoms with E-state index in [9.17, 15) is 0 Å². The lowest BCUT2D eigenvalue weighted by Gasteiger charge is -2.21. The molecule has 1 atom stereocenters. The lowest BCUT2D eigenvalue weighted by Crippen LogP contribution is -2.32. The molecule has 1 aliphatic heterocycles. The van der Waals surface area contributed by atoms with Gasteiger partial charge < -0.3 is 15.0 Å². The third kappa shape index (κ3) is 1.76. The minimum atomic E-state index is 0.182. The molecule has 2 heterocycles. The monoisotopic (exact) mass is 244 g/mol. The molecule has 0 saturated heterocycles. The Morgan fingerprint density at radius 1 is 1.33 bits per heavy atom. The first-order chi connectivity index (χ1) is 8.79. The Bertz CT molecular complexity index is 564. The van der Waals surface area contributed by atoms with Gasteiger partial charge in [0.2, 0.25) is 0 Å². The van der Waals surface area contributed by atoms with Crippen molar-refractivity contribution in [2.75, 3.05) is 7.11 Å².